The van der Waals surface area contributed by atoms with E-state index < -0.39 is 11.4 Å². The topological polar surface area (TPSA) is 46.5 Å². The molecule has 1 aliphatic carbocycles. The van der Waals surface area contributed by atoms with Gasteiger partial charge < -0.3 is 9.84 Å². The fourth-order valence-electron chi connectivity index (χ4n) is 1.59. The Hall–Kier alpha value is -1.25. The third-order valence-electron chi connectivity index (χ3n) is 2.44. The second kappa shape index (κ2) is 3.64. The molecule has 72 valence electrons. The smallest absolute Gasteiger partial charge is 0.321 e. The number of allylic oxidation sites excluding steroid dienone is 2. The molecule has 0 radical (unpaired) electrons. The first-order valence-corrected chi connectivity index (χ1v) is 4.33. The van der Waals surface area contributed by atoms with Gasteiger partial charge in [-0.05, 0) is 18.9 Å². The summed E-state index contributed by atoms with van der Waals surface area (Å²) in [5.74, 6) is -0.302. The fraction of sp³-hybridized carbons (Fsp3) is 0.500. The fourth-order valence-corrected chi connectivity index (χ4v) is 1.59. The zero-order valence-electron chi connectivity index (χ0n) is 7.91. The summed E-state index contributed by atoms with van der Waals surface area (Å²) in [7, 11) is 1.51. The molecule has 0 saturated carbocycles. The van der Waals surface area contributed by atoms with Gasteiger partial charge in [-0.1, -0.05) is 19.1 Å². The first-order chi connectivity index (χ1) is 6.17. The number of carboxylic acids is 1. The van der Waals surface area contributed by atoms with Gasteiger partial charge in [0.1, 0.15) is 11.2 Å². The number of hydrogen-bond acceptors (Lipinski definition) is 2. The van der Waals surface area contributed by atoms with Gasteiger partial charge in [0.2, 0.25) is 0 Å². The van der Waals surface area contributed by atoms with Crippen molar-refractivity contribution in [2.24, 2.45) is 5.41 Å². The van der Waals surface area contributed by atoms with Crippen LogP contribution in [0.2, 0.25) is 0 Å². The van der Waals surface area contributed by atoms with Crippen LogP contribution in [-0.4, -0.2) is 18.2 Å². The van der Waals surface area contributed by atoms with Gasteiger partial charge in [0.05, 0.1) is 7.11 Å². The summed E-state index contributed by atoms with van der Waals surface area (Å²) in [6, 6.07) is 0. The van der Waals surface area contributed by atoms with Crippen molar-refractivity contribution in [3.63, 3.8) is 0 Å². The highest BCUT2D eigenvalue weighted by Gasteiger charge is 2.40. The Morgan fingerprint density at radius 3 is 2.85 bits per heavy atom. The van der Waals surface area contributed by atoms with E-state index in [9.17, 15) is 4.79 Å². The Morgan fingerprint density at radius 2 is 2.46 bits per heavy atom. The van der Waals surface area contributed by atoms with Crippen molar-refractivity contribution < 1.29 is 14.6 Å². The minimum Gasteiger partial charge on any atom is -0.500 e. The minimum absolute atomic E-state index is 0.512. The number of methoxy groups -OCH3 is 1. The third-order valence-corrected chi connectivity index (χ3v) is 2.44. The number of rotatable bonds is 3. The molecule has 0 fully saturated rings. The summed E-state index contributed by atoms with van der Waals surface area (Å²) in [4.78, 5) is 11.1. The predicted octanol–water partition coefficient (Wildman–Crippen LogP) is 1.96. The average molecular weight is 182 g/mol. The molecule has 0 aliphatic heterocycles. The van der Waals surface area contributed by atoms with Crippen LogP contribution < -0.4 is 0 Å². The highest BCUT2D eigenvalue weighted by atomic mass is 16.5. The zero-order chi connectivity index (χ0) is 9.90. The van der Waals surface area contributed by atoms with Crippen molar-refractivity contribution >= 4 is 5.97 Å². The molecule has 0 amide bonds. The van der Waals surface area contributed by atoms with E-state index in [1.165, 1.54) is 7.11 Å². The van der Waals surface area contributed by atoms with E-state index in [2.05, 4.69) is 0 Å². The summed E-state index contributed by atoms with van der Waals surface area (Å²) >= 11 is 0. The average Bonchev–Trinajstić information content (AvgIpc) is 2.17. The third kappa shape index (κ3) is 1.46. The summed E-state index contributed by atoms with van der Waals surface area (Å²) in [5.41, 5.74) is -0.938. The lowest BCUT2D eigenvalue weighted by atomic mass is 9.79. The van der Waals surface area contributed by atoms with E-state index in [1.54, 1.807) is 6.08 Å². The SMILES string of the molecule is CCC1(C(=O)O)C=CCC=C1OC. The quantitative estimate of drug-likeness (QED) is 0.678. The number of carboxylic acid groups (broad SMARTS) is 1. The molecule has 13 heavy (non-hydrogen) atoms. The first-order valence-electron chi connectivity index (χ1n) is 4.33. The van der Waals surface area contributed by atoms with Gasteiger partial charge in [-0.2, -0.15) is 0 Å². The lowest BCUT2D eigenvalue weighted by Crippen LogP contribution is -2.32. The number of ether oxygens (including phenoxy) is 1. The molecule has 3 heteroatoms. The lowest BCUT2D eigenvalue weighted by Gasteiger charge is -2.28. The van der Waals surface area contributed by atoms with E-state index in [0.717, 1.165) is 6.42 Å². The second-order valence-electron chi connectivity index (χ2n) is 3.04. The van der Waals surface area contributed by atoms with Gasteiger partial charge in [-0.15, -0.1) is 0 Å². The summed E-state index contributed by atoms with van der Waals surface area (Å²) in [5, 5.41) is 9.12. The summed E-state index contributed by atoms with van der Waals surface area (Å²) < 4.78 is 5.09. The van der Waals surface area contributed by atoms with Crippen molar-refractivity contribution in [3.05, 3.63) is 24.0 Å². The van der Waals surface area contributed by atoms with E-state index >= 15 is 0 Å². The van der Waals surface area contributed by atoms with Crippen molar-refractivity contribution in [2.45, 2.75) is 19.8 Å². The highest BCUT2D eigenvalue weighted by molar-refractivity contribution is 5.81. The molecule has 1 N–H and O–H groups in total. The molecule has 1 rings (SSSR count). The highest BCUT2D eigenvalue weighted by Crippen LogP contribution is 2.36. The molecule has 0 saturated heterocycles. The largest absolute Gasteiger partial charge is 0.500 e. The Labute approximate surface area is 77.7 Å². The minimum atomic E-state index is -0.938. The molecule has 1 atom stereocenters. The van der Waals surface area contributed by atoms with Crippen molar-refractivity contribution in [1.29, 1.82) is 0 Å². The van der Waals surface area contributed by atoms with Crippen molar-refractivity contribution in [3.8, 4) is 0 Å². The summed E-state index contributed by atoms with van der Waals surface area (Å²) in [6.45, 7) is 1.84. The Kier molecular flexibility index (Phi) is 2.76. The van der Waals surface area contributed by atoms with Gasteiger partial charge in [0.25, 0.3) is 0 Å². The lowest BCUT2D eigenvalue weighted by molar-refractivity contribution is -0.146. The van der Waals surface area contributed by atoms with E-state index in [-0.39, 0.29) is 0 Å². The van der Waals surface area contributed by atoms with E-state index in [0.29, 0.717) is 12.2 Å². The maximum Gasteiger partial charge on any atom is 0.321 e. The van der Waals surface area contributed by atoms with Gasteiger partial charge >= 0.3 is 5.97 Å². The monoisotopic (exact) mass is 182 g/mol. The second-order valence-corrected chi connectivity index (χ2v) is 3.04. The van der Waals surface area contributed by atoms with Crippen LogP contribution in [0.4, 0.5) is 0 Å². The molecule has 1 unspecified atom stereocenters. The van der Waals surface area contributed by atoms with E-state index in [1.807, 2.05) is 19.1 Å². The van der Waals surface area contributed by atoms with Crippen LogP contribution in [0.15, 0.2) is 24.0 Å². The molecule has 3 nitrogen and oxygen atoms in total. The van der Waals surface area contributed by atoms with Gasteiger partial charge in [-0.3, -0.25) is 4.79 Å². The molecule has 0 heterocycles. The number of aliphatic carboxylic acids is 1. The van der Waals surface area contributed by atoms with Gasteiger partial charge in [-0.25, -0.2) is 0 Å². The van der Waals surface area contributed by atoms with Crippen molar-refractivity contribution in [2.75, 3.05) is 7.11 Å². The Morgan fingerprint density at radius 1 is 1.77 bits per heavy atom. The Balaban J connectivity index is 3.07. The predicted molar refractivity (Wildman–Crippen MR) is 49.2 cm³/mol. The Bertz CT molecular complexity index is 265. The molecule has 0 aromatic rings. The molecule has 0 aromatic heterocycles. The molecular formula is C10H14O3. The van der Waals surface area contributed by atoms with E-state index in [4.69, 9.17) is 9.84 Å². The van der Waals surface area contributed by atoms with Crippen molar-refractivity contribution in [1.82, 2.24) is 0 Å². The maximum absolute atomic E-state index is 11.1. The van der Waals surface area contributed by atoms with Crippen LogP contribution in [0.3, 0.4) is 0 Å². The molecule has 1 aliphatic rings. The number of hydrogen-bond donors (Lipinski definition) is 1. The van der Waals surface area contributed by atoms with Crippen LogP contribution in [0.5, 0.6) is 0 Å². The first kappa shape index (κ1) is 9.84. The zero-order valence-corrected chi connectivity index (χ0v) is 7.91. The standard InChI is InChI=1S/C10H14O3/c1-3-10(9(11)12)7-5-4-6-8(10)13-2/h5-7H,3-4H2,1-2H3,(H,11,12). The molecular weight excluding hydrogens is 168 g/mol. The van der Waals surface area contributed by atoms with Crippen LogP contribution in [-0.2, 0) is 9.53 Å². The normalized spacial score (nSPS) is 26.8. The van der Waals surface area contributed by atoms with Gasteiger partial charge in [0.15, 0.2) is 0 Å². The van der Waals surface area contributed by atoms with Crippen LogP contribution in [0.1, 0.15) is 19.8 Å². The maximum atomic E-state index is 11.1. The number of carbonyl (C=O) groups is 1. The van der Waals surface area contributed by atoms with Crippen LogP contribution >= 0.6 is 0 Å². The van der Waals surface area contributed by atoms with Crippen LogP contribution in [0.25, 0.3) is 0 Å². The summed E-state index contributed by atoms with van der Waals surface area (Å²) in [6.07, 6.45) is 6.66. The molecule has 0 aromatic carbocycles. The van der Waals surface area contributed by atoms with Gasteiger partial charge in [0, 0.05) is 0 Å². The van der Waals surface area contributed by atoms with Crippen LogP contribution in [0, 0.1) is 5.41 Å². The molecule has 0 spiro atoms. The molecule has 0 bridgehead atoms.